The van der Waals surface area contributed by atoms with Crippen molar-refractivity contribution in [2.75, 3.05) is 31.2 Å². The summed E-state index contributed by atoms with van der Waals surface area (Å²) in [6, 6.07) is 13.5. The van der Waals surface area contributed by atoms with Crippen LogP contribution in [-0.4, -0.2) is 47.2 Å². The molecule has 2 aromatic rings. The highest BCUT2D eigenvalue weighted by Gasteiger charge is 2.30. The summed E-state index contributed by atoms with van der Waals surface area (Å²) >= 11 is 0. The zero-order chi connectivity index (χ0) is 20.1. The zero-order valence-corrected chi connectivity index (χ0v) is 16.7. The first-order chi connectivity index (χ1) is 13.4. The minimum absolute atomic E-state index is 0.114. The summed E-state index contributed by atoms with van der Waals surface area (Å²) in [6.45, 7) is 2.52. The standard InChI is InChI=1S/C20H24N2O5S/c1-15(13-26-2)21-20(23)14-27-17-7-9-18(10-8-17)28(24,25)22-12-11-16-5-3-4-6-19(16)22/h3-10,15H,11-14H2,1-2H3,(H,21,23)/t15-/m1/s1. The first-order valence-electron chi connectivity index (χ1n) is 9.03. The van der Waals surface area contributed by atoms with Crippen LogP contribution in [0.15, 0.2) is 53.4 Å². The number of methoxy groups -OCH3 is 1. The Morgan fingerprint density at radius 2 is 1.89 bits per heavy atom. The van der Waals surface area contributed by atoms with Crippen molar-refractivity contribution in [2.24, 2.45) is 0 Å². The Labute approximate surface area is 165 Å². The van der Waals surface area contributed by atoms with Gasteiger partial charge in [0.2, 0.25) is 0 Å². The number of fused-ring (bicyclic) bond motifs is 1. The third-order valence-corrected chi connectivity index (χ3v) is 6.28. The Balaban J connectivity index is 1.64. The van der Waals surface area contributed by atoms with Gasteiger partial charge in [0.05, 0.1) is 17.2 Å². The number of sulfonamides is 1. The van der Waals surface area contributed by atoms with Crippen LogP contribution >= 0.6 is 0 Å². The SMILES string of the molecule is COC[C@@H](C)NC(=O)COc1ccc(S(=O)(=O)N2CCc3ccccc32)cc1. The van der Waals surface area contributed by atoms with Gasteiger partial charge in [-0.25, -0.2) is 8.42 Å². The Hall–Kier alpha value is -2.58. The van der Waals surface area contributed by atoms with E-state index in [0.29, 0.717) is 25.3 Å². The maximum Gasteiger partial charge on any atom is 0.264 e. The molecule has 0 fully saturated rings. The van der Waals surface area contributed by atoms with Gasteiger partial charge in [-0.15, -0.1) is 0 Å². The number of rotatable bonds is 8. The van der Waals surface area contributed by atoms with Gasteiger partial charge in [-0.1, -0.05) is 18.2 Å². The molecule has 0 aliphatic carbocycles. The Morgan fingerprint density at radius 3 is 2.61 bits per heavy atom. The highest BCUT2D eigenvalue weighted by atomic mass is 32.2. The summed E-state index contributed by atoms with van der Waals surface area (Å²) < 4.78 is 37.8. The van der Waals surface area contributed by atoms with Gasteiger partial charge < -0.3 is 14.8 Å². The molecular weight excluding hydrogens is 380 g/mol. The minimum Gasteiger partial charge on any atom is -0.484 e. The first-order valence-corrected chi connectivity index (χ1v) is 10.5. The maximum atomic E-state index is 13.0. The van der Waals surface area contributed by atoms with Crippen molar-refractivity contribution in [2.45, 2.75) is 24.3 Å². The van der Waals surface area contributed by atoms with Crippen molar-refractivity contribution in [1.82, 2.24) is 5.32 Å². The lowest BCUT2D eigenvalue weighted by molar-refractivity contribution is -0.124. The van der Waals surface area contributed by atoms with E-state index in [4.69, 9.17) is 9.47 Å². The Kier molecular flexibility index (Phi) is 6.21. The number of benzene rings is 2. The predicted molar refractivity (Wildman–Crippen MR) is 106 cm³/mol. The monoisotopic (exact) mass is 404 g/mol. The van der Waals surface area contributed by atoms with Crippen LogP contribution in [0.25, 0.3) is 0 Å². The molecule has 0 bridgehead atoms. The van der Waals surface area contributed by atoms with E-state index in [2.05, 4.69) is 5.32 Å². The fourth-order valence-electron chi connectivity index (χ4n) is 3.15. The molecule has 1 amide bonds. The molecule has 1 atom stereocenters. The molecule has 0 spiro atoms. The molecule has 1 aliphatic heterocycles. The number of carbonyl (C=O) groups excluding carboxylic acids is 1. The smallest absolute Gasteiger partial charge is 0.264 e. The third kappa shape index (κ3) is 4.45. The number of ether oxygens (including phenoxy) is 2. The largest absolute Gasteiger partial charge is 0.484 e. The number of nitrogens with one attached hydrogen (secondary N) is 1. The number of hydrogen-bond acceptors (Lipinski definition) is 5. The van der Waals surface area contributed by atoms with Crippen LogP contribution in [0.3, 0.4) is 0 Å². The summed E-state index contributed by atoms with van der Waals surface area (Å²) in [7, 11) is -2.07. The molecule has 0 saturated carbocycles. The predicted octanol–water partition coefficient (Wildman–Crippen LogP) is 1.97. The number of carbonyl (C=O) groups is 1. The fourth-order valence-corrected chi connectivity index (χ4v) is 4.65. The maximum absolute atomic E-state index is 13.0. The zero-order valence-electron chi connectivity index (χ0n) is 15.9. The lowest BCUT2D eigenvalue weighted by atomic mass is 10.2. The Morgan fingerprint density at radius 1 is 1.18 bits per heavy atom. The van der Waals surface area contributed by atoms with Gasteiger partial charge in [-0.05, 0) is 49.2 Å². The second-order valence-corrected chi connectivity index (χ2v) is 8.50. The van der Waals surface area contributed by atoms with Gasteiger partial charge in [0.1, 0.15) is 5.75 Å². The van der Waals surface area contributed by atoms with Gasteiger partial charge >= 0.3 is 0 Å². The lowest BCUT2D eigenvalue weighted by Gasteiger charge is -2.19. The van der Waals surface area contributed by atoms with Crippen molar-refractivity contribution >= 4 is 21.6 Å². The molecule has 3 rings (SSSR count). The lowest BCUT2D eigenvalue weighted by Crippen LogP contribution is -2.38. The van der Waals surface area contributed by atoms with Crippen LogP contribution in [0.5, 0.6) is 5.75 Å². The first kappa shape index (κ1) is 20.2. The quantitative estimate of drug-likeness (QED) is 0.727. The molecule has 28 heavy (non-hydrogen) atoms. The van der Waals surface area contributed by atoms with Crippen LogP contribution in [0.4, 0.5) is 5.69 Å². The molecule has 0 saturated heterocycles. The summed E-state index contributed by atoms with van der Waals surface area (Å²) in [5.74, 6) is 0.158. The van der Waals surface area contributed by atoms with Crippen LogP contribution in [0.2, 0.25) is 0 Å². The number of para-hydroxylation sites is 1. The molecule has 0 radical (unpaired) electrons. The van der Waals surface area contributed by atoms with E-state index in [1.54, 1.807) is 19.2 Å². The van der Waals surface area contributed by atoms with Crippen molar-refractivity contribution in [3.63, 3.8) is 0 Å². The normalized spacial score (nSPS) is 14.4. The van der Waals surface area contributed by atoms with E-state index in [0.717, 1.165) is 11.3 Å². The molecule has 8 heteroatoms. The van der Waals surface area contributed by atoms with Crippen LogP contribution in [0.1, 0.15) is 12.5 Å². The van der Waals surface area contributed by atoms with E-state index in [9.17, 15) is 13.2 Å². The van der Waals surface area contributed by atoms with E-state index in [1.165, 1.54) is 16.4 Å². The molecule has 0 unspecified atom stereocenters. The molecule has 1 aliphatic rings. The molecule has 0 aromatic heterocycles. The summed E-state index contributed by atoms with van der Waals surface area (Å²) in [6.07, 6.45) is 0.702. The van der Waals surface area contributed by atoms with Crippen LogP contribution < -0.4 is 14.4 Å². The average Bonchev–Trinajstić information content (AvgIpc) is 3.12. The number of nitrogens with zero attached hydrogens (tertiary/aromatic N) is 1. The van der Waals surface area contributed by atoms with E-state index < -0.39 is 10.0 Å². The van der Waals surface area contributed by atoms with Crippen LogP contribution in [-0.2, 0) is 26.0 Å². The van der Waals surface area contributed by atoms with Crippen molar-refractivity contribution in [3.05, 3.63) is 54.1 Å². The summed E-state index contributed by atoms with van der Waals surface area (Å²) in [4.78, 5) is 12.0. The van der Waals surface area contributed by atoms with Crippen LogP contribution in [0, 0.1) is 0 Å². The second-order valence-electron chi connectivity index (χ2n) is 6.64. The van der Waals surface area contributed by atoms with E-state index >= 15 is 0 Å². The van der Waals surface area contributed by atoms with Gasteiger partial charge in [-0.3, -0.25) is 9.10 Å². The molecule has 1 N–H and O–H groups in total. The van der Waals surface area contributed by atoms with Gasteiger partial charge in [0, 0.05) is 19.7 Å². The second kappa shape index (κ2) is 8.62. The fraction of sp³-hybridized carbons (Fsp3) is 0.350. The van der Waals surface area contributed by atoms with E-state index in [-0.39, 0.29) is 23.5 Å². The summed E-state index contributed by atoms with van der Waals surface area (Å²) in [5.41, 5.74) is 1.75. The Bertz CT molecular complexity index is 928. The molecule has 1 heterocycles. The minimum atomic E-state index is -3.64. The number of amides is 1. The van der Waals surface area contributed by atoms with Crippen molar-refractivity contribution < 1.29 is 22.7 Å². The van der Waals surface area contributed by atoms with E-state index in [1.807, 2.05) is 31.2 Å². The van der Waals surface area contributed by atoms with Crippen molar-refractivity contribution in [1.29, 1.82) is 0 Å². The topological polar surface area (TPSA) is 84.9 Å². The highest BCUT2D eigenvalue weighted by molar-refractivity contribution is 7.92. The molecule has 2 aromatic carbocycles. The number of anilines is 1. The highest BCUT2D eigenvalue weighted by Crippen LogP contribution is 2.32. The van der Waals surface area contributed by atoms with Gasteiger partial charge in [0.25, 0.3) is 15.9 Å². The molecular formula is C20H24N2O5S. The van der Waals surface area contributed by atoms with Crippen molar-refractivity contribution in [3.8, 4) is 5.75 Å². The van der Waals surface area contributed by atoms with Gasteiger partial charge in [-0.2, -0.15) is 0 Å². The third-order valence-electron chi connectivity index (χ3n) is 4.45. The average molecular weight is 404 g/mol. The van der Waals surface area contributed by atoms with Gasteiger partial charge in [0.15, 0.2) is 6.61 Å². The molecule has 7 nitrogen and oxygen atoms in total. The summed E-state index contributed by atoms with van der Waals surface area (Å²) in [5, 5.41) is 2.74. The number of hydrogen-bond donors (Lipinski definition) is 1. The molecule has 150 valence electrons.